The van der Waals surface area contributed by atoms with E-state index in [1.165, 1.54) is 0 Å². The third-order valence-electron chi connectivity index (χ3n) is 5.07. The molecule has 0 aromatic rings. The Balaban J connectivity index is 1.94. The van der Waals surface area contributed by atoms with Crippen LogP contribution in [0.25, 0.3) is 0 Å². The van der Waals surface area contributed by atoms with Gasteiger partial charge in [0.05, 0.1) is 5.75 Å². The summed E-state index contributed by atoms with van der Waals surface area (Å²) in [4.78, 5) is 15.0. The zero-order valence-corrected chi connectivity index (χ0v) is 15.9. The molecule has 6 heteroatoms. The Hall–Kier alpha value is -0.620. The van der Waals surface area contributed by atoms with Crippen LogP contribution in [0.1, 0.15) is 59.8 Å². The summed E-state index contributed by atoms with van der Waals surface area (Å²) in [5, 5.41) is 0. The highest BCUT2D eigenvalue weighted by atomic mass is 32.2. The monoisotopic (exact) mass is 344 g/mol. The third kappa shape index (κ3) is 4.69. The molecule has 2 rings (SSSR count). The fourth-order valence-corrected chi connectivity index (χ4v) is 4.98. The summed E-state index contributed by atoms with van der Waals surface area (Å²) in [5.41, 5.74) is 0.228. The molecule has 2 aliphatic rings. The number of nitrogens with zero attached hydrogens (tertiary/aromatic N) is 2. The number of hydrogen-bond acceptors (Lipinski definition) is 3. The van der Waals surface area contributed by atoms with Crippen LogP contribution in [0.5, 0.6) is 0 Å². The van der Waals surface area contributed by atoms with Crippen molar-refractivity contribution in [2.45, 2.75) is 65.8 Å². The van der Waals surface area contributed by atoms with E-state index in [2.05, 4.69) is 25.7 Å². The number of hydrogen-bond donors (Lipinski definition) is 0. The molecule has 0 aliphatic carbocycles. The second-order valence-electron chi connectivity index (χ2n) is 8.17. The number of likely N-dealkylation sites (tertiary alicyclic amines) is 1. The van der Waals surface area contributed by atoms with Crippen LogP contribution in [0.4, 0.5) is 0 Å². The number of carbonyl (C=O) groups excluding carboxylic acids is 1. The lowest BCUT2D eigenvalue weighted by molar-refractivity contribution is -0.138. The van der Waals surface area contributed by atoms with E-state index in [9.17, 15) is 13.2 Å². The molecule has 0 bridgehead atoms. The number of carbonyl (C=O) groups is 1. The van der Waals surface area contributed by atoms with E-state index in [0.717, 1.165) is 25.8 Å². The number of piperidine rings is 1. The Labute approximate surface area is 141 Å². The number of amides is 1. The lowest BCUT2D eigenvalue weighted by Gasteiger charge is -2.36. The zero-order valence-electron chi connectivity index (χ0n) is 15.0. The van der Waals surface area contributed by atoms with Gasteiger partial charge in [-0.05, 0) is 44.4 Å². The average Bonchev–Trinajstić information content (AvgIpc) is 2.92. The maximum absolute atomic E-state index is 12.9. The smallest absolute Gasteiger partial charge is 0.226 e. The topological polar surface area (TPSA) is 57.7 Å². The molecule has 0 aromatic carbocycles. The molecule has 2 fully saturated rings. The molecule has 0 unspecified atom stereocenters. The van der Waals surface area contributed by atoms with Crippen molar-refractivity contribution in [2.75, 3.05) is 25.4 Å². The molecule has 0 radical (unpaired) electrons. The van der Waals surface area contributed by atoms with E-state index in [4.69, 9.17) is 0 Å². The molecule has 1 atom stereocenters. The summed E-state index contributed by atoms with van der Waals surface area (Å²) in [6.45, 7) is 10.2. The van der Waals surface area contributed by atoms with E-state index < -0.39 is 10.0 Å². The van der Waals surface area contributed by atoms with Crippen LogP contribution in [0.15, 0.2) is 0 Å². The summed E-state index contributed by atoms with van der Waals surface area (Å²) in [5.74, 6) is 0.398. The van der Waals surface area contributed by atoms with Crippen LogP contribution in [-0.2, 0) is 14.8 Å². The molecule has 0 aromatic heterocycles. The van der Waals surface area contributed by atoms with Gasteiger partial charge in [0.2, 0.25) is 15.9 Å². The van der Waals surface area contributed by atoms with Gasteiger partial charge in [0.15, 0.2) is 0 Å². The molecule has 134 valence electrons. The van der Waals surface area contributed by atoms with Crippen molar-refractivity contribution >= 4 is 15.9 Å². The molecule has 23 heavy (non-hydrogen) atoms. The number of sulfonamides is 1. The van der Waals surface area contributed by atoms with Crippen LogP contribution in [0, 0.1) is 11.3 Å². The molecule has 2 heterocycles. The predicted octanol–water partition coefficient (Wildman–Crippen LogP) is 2.48. The first-order valence-electron chi connectivity index (χ1n) is 8.92. The Morgan fingerprint density at radius 3 is 2.22 bits per heavy atom. The fraction of sp³-hybridized carbons (Fsp3) is 0.941. The van der Waals surface area contributed by atoms with Crippen LogP contribution < -0.4 is 0 Å². The maximum Gasteiger partial charge on any atom is 0.226 e. The zero-order chi connectivity index (χ0) is 17.3. The van der Waals surface area contributed by atoms with Gasteiger partial charge in [-0.2, -0.15) is 0 Å². The minimum atomic E-state index is -3.12. The largest absolute Gasteiger partial charge is 0.339 e. The van der Waals surface area contributed by atoms with Gasteiger partial charge in [-0.3, -0.25) is 4.79 Å². The molecule has 2 aliphatic heterocycles. The van der Waals surface area contributed by atoms with E-state index >= 15 is 0 Å². The van der Waals surface area contributed by atoms with Crippen LogP contribution in [-0.4, -0.2) is 55.0 Å². The van der Waals surface area contributed by atoms with Crippen molar-refractivity contribution in [1.82, 2.24) is 9.21 Å². The SMILES string of the molecule is CCS(=O)(=O)N1CCC(C(=O)N2CCC[C@@H]2CC(C)(C)C)CC1. The summed E-state index contributed by atoms with van der Waals surface area (Å²) in [6, 6.07) is 0.361. The molecular formula is C17H32N2O3S. The Morgan fingerprint density at radius 2 is 1.70 bits per heavy atom. The predicted molar refractivity (Wildman–Crippen MR) is 92.6 cm³/mol. The van der Waals surface area contributed by atoms with Crippen LogP contribution in [0.3, 0.4) is 0 Å². The van der Waals surface area contributed by atoms with Gasteiger partial charge in [0.1, 0.15) is 0 Å². The van der Waals surface area contributed by atoms with E-state index in [1.807, 2.05) is 0 Å². The van der Waals surface area contributed by atoms with Crippen molar-refractivity contribution < 1.29 is 13.2 Å². The summed E-state index contributed by atoms with van der Waals surface area (Å²) >= 11 is 0. The van der Waals surface area contributed by atoms with Crippen molar-refractivity contribution in [3.05, 3.63) is 0 Å². The lowest BCUT2D eigenvalue weighted by atomic mass is 9.86. The summed E-state index contributed by atoms with van der Waals surface area (Å²) < 4.78 is 25.4. The molecule has 0 spiro atoms. The van der Waals surface area contributed by atoms with Gasteiger partial charge in [-0.15, -0.1) is 0 Å². The highest BCUT2D eigenvalue weighted by Gasteiger charge is 2.37. The molecule has 5 nitrogen and oxygen atoms in total. The maximum atomic E-state index is 12.9. The van der Waals surface area contributed by atoms with Gasteiger partial charge in [0.25, 0.3) is 0 Å². The van der Waals surface area contributed by atoms with Gasteiger partial charge in [0, 0.05) is 31.6 Å². The molecule has 0 N–H and O–H groups in total. The summed E-state index contributed by atoms with van der Waals surface area (Å²) in [7, 11) is -3.12. The first-order valence-corrected chi connectivity index (χ1v) is 10.5. The first-order chi connectivity index (χ1) is 10.6. The first kappa shape index (κ1) is 18.7. The second-order valence-corrected chi connectivity index (χ2v) is 10.4. The number of rotatable bonds is 4. The fourth-order valence-electron chi connectivity index (χ4n) is 3.84. The Morgan fingerprint density at radius 1 is 1.09 bits per heavy atom. The molecule has 1 amide bonds. The van der Waals surface area contributed by atoms with Crippen LogP contribution >= 0.6 is 0 Å². The van der Waals surface area contributed by atoms with Crippen molar-refractivity contribution in [3.63, 3.8) is 0 Å². The standard InChI is InChI=1S/C17H32N2O3S/c1-5-23(21,22)18-11-8-14(9-12-18)16(20)19-10-6-7-15(19)13-17(2,3)4/h14-15H,5-13H2,1-4H3/t15-/m1/s1. The Kier molecular flexibility index (Phi) is 5.77. The highest BCUT2D eigenvalue weighted by molar-refractivity contribution is 7.89. The van der Waals surface area contributed by atoms with Crippen molar-refractivity contribution in [3.8, 4) is 0 Å². The van der Waals surface area contributed by atoms with Gasteiger partial charge < -0.3 is 4.90 Å². The molecule has 0 saturated carbocycles. The Bertz CT molecular complexity index is 516. The van der Waals surface area contributed by atoms with Gasteiger partial charge in [-0.25, -0.2) is 12.7 Å². The van der Waals surface area contributed by atoms with Crippen molar-refractivity contribution in [1.29, 1.82) is 0 Å². The highest BCUT2D eigenvalue weighted by Crippen LogP contribution is 2.32. The van der Waals surface area contributed by atoms with Crippen molar-refractivity contribution in [2.24, 2.45) is 11.3 Å². The normalized spacial score (nSPS) is 25.0. The minimum absolute atomic E-state index is 0.00104. The molecular weight excluding hydrogens is 312 g/mol. The van der Waals surface area contributed by atoms with E-state index in [0.29, 0.717) is 32.0 Å². The van der Waals surface area contributed by atoms with E-state index in [-0.39, 0.29) is 23.0 Å². The second kappa shape index (κ2) is 7.09. The molecule has 2 saturated heterocycles. The van der Waals surface area contributed by atoms with Gasteiger partial charge in [-0.1, -0.05) is 20.8 Å². The minimum Gasteiger partial charge on any atom is -0.339 e. The quantitative estimate of drug-likeness (QED) is 0.787. The summed E-state index contributed by atoms with van der Waals surface area (Å²) in [6.07, 6.45) is 4.57. The average molecular weight is 345 g/mol. The van der Waals surface area contributed by atoms with E-state index in [1.54, 1.807) is 11.2 Å². The van der Waals surface area contributed by atoms with Gasteiger partial charge >= 0.3 is 0 Å². The van der Waals surface area contributed by atoms with Crippen LogP contribution in [0.2, 0.25) is 0 Å². The lowest BCUT2D eigenvalue weighted by Crippen LogP contribution is -2.46. The third-order valence-corrected chi connectivity index (χ3v) is 6.95.